The number of ether oxygens (including phenoxy) is 2. The van der Waals surface area contributed by atoms with Crippen molar-refractivity contribution in [1.82, 2.24) is 0 Å². The number of carbonyl (C=O) groups is 2. The van der Waals surface area contributed by atoms with Crippen LogP contribution in [0, 0.1) is 5.92 Å². The minimum absolute atomic E-state index is 0.0214. The van der Waals surface area contributed by atoms with E-state index < -0.39 is 72.3 Å². The fraction of sp³-hybridized carbons (Fsp3) is 0.767. The zero-order valence-electron chi connectivity index (χ0n) is 36.1. The minimum Gasteiger partial charge on any atom is -0.462 e. The van der Waals surface area contributed by atoms with Crippen LogP contribution < -0.4 is 0 Å². The molecule has 0 saturated heterocycles. The van der Waals surface area contributed by atoms with Gasteiger partial charge in [-0.15, -0.1) is 0 Å². The zero-order chi connectivity index (χ0) is 44.0. The fourth-order valence-electron chi connectivity index (χ4n) is 5.60. The van der Waals surface area contributed by atoms with Gasteiger partial charge in [0.25, 0.3) is 0 Å². The number of phosphoric ester groups is 2. The molecular formula is C43H78O14P2. The Morgan fingerprint density at radius 2 is 1.19 bits per heavy atom. The molecule has 0 aliphatic carbocycles. The summed E-state index contributed by atoms with van der Waals surface area (Å²) in [6, 6.07) is 0. The van der Waals surface area contributed by atoms with E-state index in [1.807, 2.05) is 36.5 Å². The van der Waals surface area contributed by atoms with Crippen molar-refractivity contribution in [3.63, 3.8) is 0 Å². The molecule has 0 amide bonds. The van der Waals surface area contributed by atoms with Gasteiger partial charge in [-0.2, -0.15) is 0 Å². The molecule has 344 valence electrons. The van der Waals surface area contributed by atoms with Crippen molar-refractivity contribution in [2.75, 3.05) is 26.4 Å². The Kier molecular flexibility index (Phi) is 36.5. The molecule has 5 N–H and O–H groups in total. The number of esters is 2. The lowest BCUT2D eigenvalue weighted by molar-refractivity contribution is -0.161. The van der Waals surface area contributed by atoms with Crippen molar-refractivity contribution in [2.24, 2.45) is 5.92 Å². The molecule has 0 heterocycles. The average molecular weight is 881 g/mol. The van der Waals surface area contributed by atoms with Crippen LogP contribution in [-0.4, -0.2) is 81.6 Å². The lowest BCUT2D eigenvalue weighted by atomic mass is 10.0. The van der Waals surface area contributed by atoms with E-state index in [-0.39, 0.29) is 12.8 Å². The third kappa shape index (κ3) is 42.5. The summed E-state index contributed by atoms with van der Waals surface area (Å²) in [5, 5.41) is 19.8. The Balaban J connectivity index is 4.68. The molecule has 0 radical (unpaired) electrons. The van der Waals surface area contributed by atoms with E-state index in [0.717, 1.165) is 31.6 Å². The first-order valence-electron chi connectivity index (χ1n) is 21.8. The van der Waals surface area contributed by atoms with Crippen molar-refractivity contribution >= 4 is 27.6 Å². The Hall–Kier alpha value is -1.96. The summed E-state index contributed by atoms with van der Waals surface area (Å²) in [5.74, 6) is -0.360. The minimum atomic E-state index is -4.88. The highest BCUT2D eigenvalue weighted by atomic mass is 31.2. The third-order valence-corrected chi connectivity index (χ3v) is 10.4. The van der Waals surface area contributed by atoms with E-state index in [0.29, 0.717) is 32.1 Å². The van der Waals surface area contributed by atoms with Crippen LogP contribution in [0.25, 0.3) is 0 Å². The standard InChI is InChI=1S/C43H78O14P2/c1-4-5-6-7-14-20-25-30-39(44)31-26-21-16-13-18-23-28-33-43(47)57-41(37-56-59(51,52)55-35-40(45)34-54-58(48,49)50)36-53-42(46)32-27-22-17-12-10-8-9-11-15-19-24-29-38(2)3/h13-14,18,20-21,25-26,30,38-41,44-45H,4-12,15-17,19,22-24,27-29,31-37H2,1-3H3,(H,51,52)(H2,48,49,50)/b18-13+,20-14-,26-21-,30-25-/t39-,40-,41+/m0/s1. The predicted octanol–water partition coefficient (Wildman–Crippen LogP) is 9.89. The van der Waals surface area contributed by atoms with Gasteiger partial charge in [0.05, 0.1) is 25.9 Å². The lowest BCUT2D eigenvalue weighted by Gasteiger charge is -2.20. The van der Waals surface area contributed by atoms with E-state index in [1.165, 1.54) is 70.6 Å². The second-order valence-corrected chi connectivity index (χ2v) is 18.0. The maximum Gasteiger partial charge on any atom is 0.472 e. The van der Waals surface area contributed by atoms with Gasteiger partial charge >= 0.3 is 27.6 Å². The lowest BCUT2D eigenvalue weighted by Crippen LogP contribution is -2.29. The first-order valence-corrected chi connectivity index (χ1v) is 24.8. The molecule has 0 saturated carbocycles. The maximum absolute atomic E-state index is 12.6. The van der Waals surface area contributed by atoms with Gasteiger partial charge in [-0.1, -0.05) is 153 Å². The van der Waals surface area contributed by atoms with Crippen LogP contribution in [0.2, 0.25) is 0 Å². The molecule has 59 heavy (non-hydrogen) atoms. The van der Waals surface area contributed by atoms with Gasteiger partial charge in [0.1, 0.15) is 12.7 Å². The molecule has 14 nitrogen and oxygen atoms in total. The molecule has 16 heteroatoms. The molecule has 0 aromatic carbocycles. The summed E-state index contributed by atoms with van der Waals surface area (Å²) in [4.78, 5) is 52.6. The molecule has 0 aromatic rings. The summed E-state index contributed by atoms with van der Waals surface area (Å²) >= 11 is 0. The summed E-state index contributed by atoms with van der Waals surface area (Å²) < 4.78 is 47.7. The Morgan fingerprint density at radius 1 is 0.610 bits per heavy atom. The van der Waals surface area contributed by atoms with Gasteiger partial charge in [-0.05, 0) is 50.9 Å². The van der Waals surface area contributed by atoms with Crippen LogP contribution in [-0.2, 0) is 41.8 Å². The van der Waals surface area contributed by atoms with Crippen molar-refractivity contribution < 1.29 is 66.7 Å². The Bertz CT molecular complexity index is 1260. The highest BCUT2D eigenvalue weighted by Gasteiger charge is 2.28. The van der Waals surface area contributed by atoms with Crippen molar-refractivity contribution in [3.05, 3.63) is 48.6 Å². The number of unbranched alkanes of at least 4 members (excludes halogenated alkanes) is 14. The maximum atomic E-state index is 12.6. The molecular weight excluding hydrogens is 802 g/mol. The van der Waals surface area contributed by atoms with Crippen LogP contribution in [0.5, 0.6) is 0 Å². The van der Waals surface area contributed by atoms with Crippen LogP contribution in [0.4, 0.5) is 0 Å². The highest BCUT2D eigenvalue weighted by Crippen LogP contribution is 2.43. The molecule has 4 atom stereocenters. The molecule has 0 fully saturated rings. The molecule has 0 aromatic heterocycles. The number of aliphatic hydroxyl groups excluding tert-OH is 2. The van der Waals surface area contributed by atoms with E-state index in [4.69, 9.17) is 23.8 Å². The van der Waals surface area contributed by atoms with E-state index in [1.54, 1.807) is 6.08 Å². The number of allylic oxidation sites excluding steroid dienone is 6. The predicted molar refractivity (Wildman–Crippen MR) is 231 cm³/mol. The van der Waals surface area contributed by atoms with Gasteiger partial charge in [-0.25, -0.2) is 9.13 Å². The largest absolute Gasteiger partial charge is 0.472 e. The second-order valence-electron chi connectivity index (χ2n) is 15.3. The molecule has 0 spiro atoms. The average Bonchev–Trinajstić information content (AvgIpc) is 3.17. The van der Waals surface area contributed by atoms with E-state index in [9.17, 15) is 33.8 Å². The van der Waals surface area contributed by atoms with Crippen LogP contribution in [0.3, 0.4) is 0 Å². The summed E-state index contributed by atoms with van der Waals surface area (Å²) in [7, 11) is -9.71. The number of carbonyl (C=O) groups excluding carboxylic acids is 2. The first kappa shape index (κ1) is 57.0. The highest BCUT2D eigenvalue weighted by molar-refractivity contribution is 7.47. The summed E-state index contributed by atoms with van der Waals surface area (Å²) in [5.41, 5.74) is 0. The molecule has 1 unspecified atom stereocenters. The number of aliphatic hydroxyl groups is 2. The molecule has 0 rings (SSSR count). The van der Waals surface area contributed by atoms with Gasteiger partial charge in [0.2, 0.25) is 0 Å². The number of phosphoric acid groups is 2. The topological polar surface area (TPSA) is 216 Å². The van der Waals surface area contributed by atoms with Crippen LogP contribution in [0.15, 0.2) is 48.6 Å². The smallest absolute Gasteiger partial charge is 0.462 e. The van der Waals surface area contributed by atoms with Crippen LogP contribution in [0.1, 0.15) is 162 Å². The van der Waals surface area contributed by atoms with Crippen molar-refractivity contribution in [3.8, 4) is 0 Å². The SMILES string of the molecule is CCCCC/C=C\C=C/[C@H](O)C/C=C\C/C=C/CCCC(=O)O[C@H](COC(=O)CCCCCCCCCCCCCC(C)C)COP(=O)(O)OC[C@@H](O)COP(=O)(O)O. The second kappa shape index (κ2) is 37.8. The number of hydrogen-bond acceptors (Lipinski definition) is 11. The van der Waals surface area contributed by atoms with Gasteiger partial charge in [-0.3, -0.25) is 23.2 Å². The number of hydrogen-bond donors (Lipinski definition) is 5. The first-order chi connectivity index (χ1) is 28.1. The van der Waals surface area contributed by atoms with E-state index in [2.05, 4.69) is 35.9 Å². The van der Waals surface area contributed by atoms with Gasteiger partial charge in [0.15, 0.2) is 6.10 Å². The Morgan fingerprint density at radius 3 is 1.83 bits per heavy atom. The van der Waals surface area contributed by atoms with Gasteiger partial charge < -0.3 is 34.4 Å². The van der Waals surface area contributed by atoms with Crippen molar-refractivity contribution in [1.29, 1.82) is 0 Å². The number of rotatable bonds is 40. The van der Waals surface area contributed by atoms with E-state index >= 15 is 0 Å². The fourth-order valence-corrected chi connectivity index (χ4v) is 6.76. The van der Waals surface area contributed by atoms with Crippen molar-refractivity contribution in [2.45, 2.75) is 180 Å². The molecule has 0 aliphatic rings. The third-order valence-electron chi connectivity index (χ3n) is 8.97. The normalized spacial score (nSPS) is 15.1. The quantitative estimate of drug-likeness (QED) is 0.0127. The summed E-state index contributed by atoms with van der Waals surface area (Å²) in [6.07, 6.45) is 32.9. The Labute approximate surface area is 354 Å². The molecule has 0 bridgehead atoms. The summed E-state index contributed by atoms with van der Waals surface area (Å²) in [6.45, 7) is 3.88. The zero-order valence-corrected chi connectivity index (χ0v) is 37.9. The van der Waals surface area contributed by atoms with Crippen LogP contribution >= 0.6 is 15.6 Å². The monoisotopic (exact) mass is 880 g/mol. The van der Waals surface area contributed by atoms with Gasteiger partial charge in [0, 0.05) is 12.8 Å². The molecule has 0 aliphatic heterocycles.